The maximum absolute atomic E-state index is 12.8. The molecule has 0 aliphatic rings. The summed E-state index contributed by atoms with van der Waals surface area (Å²) in [6.45, 7) is 4.09. The number of ether oxygens (including phenoxy) is 2. The zero-order chi connectivity index (χ0) is 57.0. The average Bonchev–Trinajstić information content (AvgIpc) is 3.40. The Balaban J connectivity index is 4.36. The second-order valence-electron chi connectivity index (χ2n) is 19.9. The monoisotopic (exact) mass is 1100 g/mol. The standard InChI is InChI=1S/C68H106NO8P/c1-6-8-10-12-14-16-18-20-22-24-26-28-30-31-32-33-34-35-36-37-39-41-43-45-47-49-51-53-55-57-59-61-68(71)77-66(65-76-78(72,73)75-63-62-69(3,4)5)64-74-67(70)60-58-56-54-52-50-48-46-44-42-40-38-29-27-25-23-21-19-17-15-13-11-9-7-2/h8-11,14-17,20-23,26-29,31-32,34-35,37,39-40,42-43,45-46,48-49,51,66H,6-7,12-13,18-19,24-25,30,33,36,38,41,44,47,50,52-65H2,1-5H3/p+1/b10-8-,11-9-,16-14-,17-15-,22-20-,23-21-,28-26-,29-27-,32-31-,35-34-,39-37-,42-40-,45-43-,48-46-,51-49-. The number of likely N-dealkylation sites (N-methyl/N-ethyl adjacent to an activating group) is 1. The predicted octanol–water partition coefficient (Wildman–Crippen LogP) is 18.8. The first-order chi connectivity index (χ1) is 38.0. The molecular weight excluding hydrogens is 990 g/mol. The number of allylic oxidation sites excluding steroid dienone is 30. The summed E-state index contributed by atoms with van der Waals surface area (Å²) in [5, 5.41) is 0. The van der Waals surface area contributed by atoms with E-state index < -0.39 is 32.5 Å². The van der Waals surface area contributed by atoms with Gasteiger partial charge in [0.2, 0.25) is 0 Å². The second kappa shape index (κ2) is 56.8. The van der Waals surface area contributed by atoms with Gasteiger partial charge in [-0.15, -0.1) is 0 Å². The Hall–Kier alpha value is -4.89. The highest BCUT2D eigenvalue weighted by Gasteiger charge is 2.27. The van der Waals surface area contributed by atoms with Crippen LogP contribution in [0.4, 0.5) is 0 Å². The summed E-state index contributed by atoms with van der Waals surface area (Å²) in [7, 11) is 1.40. The van der Waals surface area contributed by atoms with E-state index in [1.54, 1.807) is 0 Å². The van der Waals surface area contributed by atoms with Gasteiger partial charge in [0, 0.05) is 12.8 Å². The summed E-state index contributed by atoms with van der Waals surface area (Å²) >= 11 is 0. The quantitative estimate of drug-likeness (QED) is 0.0211. The fourth-order valence-corrected chi connectivity index (χ4v) is 7.69. The zero-order valence-electron chi connectivity index (χ0n) is 49.3. The fourth-order valence-electron chi connectivity index (χ4n) is 6.95. The van der Waals surface area contributed by atoms with Crippen molar-refractivity contribution < 1.29 is 42.1 Å². The summed E-state index contributed by atoms with van der Waals surface area (Å²) < 4.78 is 34.5. The molecule has 2 atom stereocenters. The van der Waals surface area contributed by atoms with Gasteiger partial charge in [-0.3, -0.25) is 18.6 Å². The van der Waals surface area contributed by atoms with E-state index in [2.05, 4.69) is 196 Å². The molecule has 0 aromatic heterocycles. The number of carbonyl (C=O) groups excluding carboxylic acids is 2. The van der Waals surface area contributed by atoms with E-state index >= 15 is 0 Å². The number of unbranched alkanes of at least 4 members (excludes halogenated alkanes) is 7. The van der Waals surface area contributed by atoms with Gasteiger partial charge in [0.25, 0.3) is 0 Å². The highest BCUT2D eigenvalue weighted by Crippen LogP contribution is 2.43. The lowest BCUT2D eigenvalue weighted by Gasteiger charge is -2.24. The summed E-state index contributed by atoms with van der Waals surface area (Å²) in [6, 6.07) is 0. The maximum atomic E-state index is 12.8. The van der Waals surface area contributed by atoms with Gasteiger partial charge >= 0.3 is 19.8 Å². The van der Waals surface area contributed by atoms with Crippen LogP contribution in [-0.2, 0) is 32.7 Å². The topological polar surface area (TPSA) is 108 Å². The van der Waals surface area contributed by atoms with Crippen LogP contribution in [0.3, 0.4) is 0 Å². The van der Waals surface area contributed by atoms with Crippen molar-refractivity contribution in [3.05, 3.63) is 182 Å². The number of nitrogens with zero attached hydrogens (tertiary/aromatic N) is 1. The summed E-state index contributed by atoms with van der Waals surface area (Å²) in [6.07, 6.45) is 88.2. The van der Waals surface area contributed by atoms with Gasteiger partial charge in [-0.05, 0) is 135 Å². The third-order valence-corrected chi connectivity index (χ3v) is 12.4. The van der Waals surface area contributed by atoms with E-state index in [0.717, 1.165) is 141 Å². The van der Waals surface area contributed by atoms with Crippen LogP contribution in [0, 0.1) is 0 Å². The third kappa shape index (κ3) is 60.3. The first-order valence-electron chi connectivity index (χ1n) is 29.5. The molecule has 0 rings (SSSR count). The van der Waals surface area contributed by atoms with Crippen molar-refractivity contribution in [2.45, 2.75) is 187 Å². The van der Waals surface area contributed by atoms with Crippen molar-refractivity contribution >= 4 is 19.8 Å². The van der Waals surface area contributed by atoms with E-state index in [-0.39, 0.29) is 26.1 Å². The van der Waals surface area contributed by atoms with Gasteiger partial charge in [-0.2, -0.15) is 0 Å². The number of hydrogen-bond donors (Lipinski definition) is 1. The van der Waals surface area contributed by atoms with Gasteiger partial charge in [-0.1, -0.05) is 215 Å². The van der Waals surface area contributed by atoms with Crippen molar-refractivity contribution in [2.75, 3.05) is 47.5 Å². The lowest BCUT2D eigenvalue weighted by Crippen LogP contribution is -2.37. The smallest absolute Gasteiger partial charge is 0.462 e. The number of rotatable bonds is 51. The van der Waals surface area contributed by atoms with Crippen LogP contribution in [0.15, 0.2) is 182 Å². The lowest BCUT2D eigenvalue weighted by molar-refractivity contribution is -0.870. The number of esters is 2. The van der Waals surface area contributed by atoms with Gasteiger partial charge in [-0.25, -0.2) is 4.57 Å². The first kappa shape index (κ1) is 73.1. The Morgan fingerprint density at radius 3 is 1.03 bits per heavy atom. The molecule has 0 aromatic rings. The maximum Gasteiger partial charge on any atom is 0.472 e. The molecule has 10 heteroatoms. The molecule has 0 aromatic carbocycles. The van der Waals surface area contributed by atoms with E-state index in [0.29, 0.717) is 23.9 Å². The summed E-state index contributed by atoms with van der Waals surface area (Å²) in [5.74, 6) is -0.884. The van der Waals surface area contributed by atoms with Crippen molar-refractivity contribution in [1.82, 2.24) is 0 Å². The SMILES string of the molecule is CC/C=C\C/C=C\C/C=C\C/C=C\C/C=C\C/C=C\C/C=C\C/C=C\C/C=C\CCCCCC(=O)OC(COC(=O)CCCCCC/C=C\C/C=C\C/C=C\C/C=C\C/C=C\C/C=C\CC)COP(=O)(O)OCC[N+](C)(C)C. The largest absolute Gasteiger partial charge is 0.472 e. The van der Waals surface area contributed by atoms with E-state index in [9.17, 15) is 19.0 Å². The van der Waals surface area contributed by atoms with Crippen molar-refractivity contribution in [2.24, 2.45) is 0 Å². The second-order valence-corrected chi connectivity index (χ2v) is 21.4. The molecule has 2 unspecified atom stereocenters. The van der Waals surface area contributed by atoms with Crippen LogP contribution in [0.2, 0.25) is 0 Å². The Bertz CT molecular complexity index is 1970. The molecule has 0 heterocycles. The normalized spacial score (nSPS) is 14.6. The molecule has 9 nitrogen and oxygen atoms in total. The van der Waals surface area contributed by atoms with E-state index in [1.165, 1.54) is 0 Å². The Kier molecular flexibility index (Phi) is 53.3. The summed E-state index contributed by atoms with van der Waals surface area (Å²) in [4.78, 5) is 35.7. The Labute approximate surface area is 476 Å². The zero-order valence-corrected chi connectivity index (χ0v) is 50.2. The highest BCUT2D eigenvalue weighted by atomic mass is 31.2. The number of quaternary nitrogens is 1. The van der Waals surface area contributed by atoms with E-state index in [4.69, 9.17) is 18.5 Å². The molecule has 0 spiro atoms. The molecule has 0 aliphatic heterocycles. The number of hydrogen-bond acceptors (Lipinski definition) is 7. The molecule has 0 amide bonds. The Morgan fingerprint density at radius 2 is 0.692 bits per heavy atom. The van der Waals surface area contributed by atoms with Crippen LogP contribution < -0.4 is 0 Å². The van der Waals surface area contributed by atoms with Crippen LogP contribution in [-0.4, -0.2) is 74.9 Å². The fraction of sp³-hybridized carbons (Fsp3) is 0.529. The van der Waals surface area contributed by atoms with Gasteiger partial charge in [0.05, 0.1) is 27.7 Å². The van der Waals surface area contributed by atoms with Crippen LogP contribution >= 0.6 is 7.82 Å². The van der Waals surface area contributed by atoms with Crippen LogP contribution in [0.5, 0.6) is 0 Å². The van der Waals surface area contributed by atoms with E-state index in [1.807, 2.05) is 21.1 Å². The van der Waals surface area contributed by atoms with Crippen molar-refractivity contribution in [3.8, 4) is 0 Å². The molecule has 1 N–H and O–H groups in total. The number of phosphoric ester groups is 1. The van der Waals surface area contributed by atoms with Crippen molar-refractivity contribution in [1.29, 1.82) is 0 Å². The number of carbonyl (C=O) groups is 2. The molecule has 0 saturated heterocycles. The Morgan fingerprint density at radius 1 is 0.397 bits per heavy atom. The van der Waals surface area contributed by atoms with Gasteiger partial charge in [0.15, 0.2) is 6.10 Å². The highest BCUT2D eigenvalue weighted by molar-refractivity contribution is 7.47. The molecular formula is C68H107NO8P+. The lowest BCUT2D eigenvalue weighted by atomic mass is 10.1. The molecule has 0 fully saturated rings. The molecule has 0 radical (unpaired) electrons. The molecule has 78 heavy (non-hydrogen) atoms. The number of phosphoric acid groups is 1. The first-order valence-corrected chi connectivity index (χ1v) is 31.0. The van der Waals surface area contributed by atoms with Crippen LogP contribution in [0.1, 0.15) is 181 Å². The molecule has 0 bridgehead atoms. The molecule has 436 valence electrons. The predicted molar refractivity (Wildman–Crippen MR) is 334 cm³/mol. The van der Waals surface area contributed by atoms with Crippen LogP contribution in [0.25, 0.3) is 0 Å². The van der Waals surface area contributed by atoms with Gasteiger partial charge < -0.3 is 18.9 Å². The minimum Gasteiger partial charge on any atom is -0.462 e. The molecule has 0 aliphatic carbocycles. The average molecular weight is 1100 g/mol. The molecule has 0 saturated carbocycles. The summed E-state index contributed by atoms with van der Waals surface area (Å²) in [5.41, 5.74) is 0. The van der Waals surface area contributed by atoms with Gasteiger partial charge in [0.1, 0.15) is 19.8 Å². The van der Waals surface area contributed by atoms with Crippen molar-refractivity contribution in [3.63, 3.8) is 0 Å². The third-order valence-electron chi connectivity index (χ3n) is 11.4. The minimum atomic E-state index is -4.42. The minimum absolute atomic E-state index is 0.00837.